The van der Waals surface area contributed by atoms with Crippen LogP contribution in [0, 0.1) is 0 Å². The smallest absolute Gasteiger partial charge is 0.280 e. The van der Waals surface area contributed by atoms with Crippen molar-refractivity contribution in [2.45, 2.75) is 30.5 Å². The number of halogens is 1. The van der Waals surface area contributed by atoms with E-state index in [1.165, 1.54) is 17.1 Å². The fourth-order valence-corrected chi connectivity index (χ4v) is 1.89. The Hall–Kier alpha value is -1.08. The fraction of sp³-hybridized carbons (Fsp3) is 0.500. The molecule has 0 spiro atoms. The molecule has 2 rings (SSSR count). The van der Waals surface area contributed by atoms with Gasteiger partial charge in [0, 0.05) is 22.9 Å². The lowest BCUT2D eigenvalue weighted by Crippen LogP contribution is -2.28. The van der Waals surface area contributed by atoms with Crippen molar-refractivity contribution >= 4 is 25.6 Å². The van der Waals surface area contributed by atoms with Crippen LogP contribution >= 0.6 is 10.7 Å². The van der Waals surface area contributed by atoms with Gasteiger partial charge >= 0.3 is 0 Å². The molecule has 0 aromatic carbocycles. The number of carbonyl (C=O) groups excluding carboxylic acids is 1. The van der Waals surface area contributed by atoms with Gasteiger partial charge in [-0.05, 0) is 12.8 Å². The summed E-state index contributed by atoms with van der Waals surface area (Å²) in [6.45, 7) is 0.0515. The third-order valence-electron chi connectivity index (χ3n) is 2.13. The fourth-order valence-electron chi connectivity index (χ4n) is 1.22. The molecule has 0 atom stereocenters. The van der Waals surface area contributed by atoms with Gasteiger partial charge < -0.3 is 9.88 Å². The Morgan fingerprint density at radius 3 is 2.81 bits per heavy atom. The van der Waals surface area contributed by atoms with Gasteiger partial charge in [0.05, 0.1) is 6.33 Å². The van der Waals surface area contributed by atoms with Crippen molar-refractivity contribution in [1.29, 1.82) is 0 Å². The average molecular weight is 264 g/mol. The van der Waals surface area contributed by atoms with Crippen molar-refractivity contribution < 1.29 is 13.2 Å². The Morgan fingerprint density at radius 1 is 1.62 bits per heavy atom. The third-order valence-corrected chi connectivity index (χ3v) is 3.31. The van der Waals surface area contributed by atoms with Crippen molar-refractivity contribution in [3.63, 3.8) is 0 Å². The van der Waals surface area contributed by atoms with Crippen molar-refractivity contribution in [2.24, 2.45) is 0 Å². The summed E-state index contributed by atoms with van der Waals surface area (Å²) in [5, 5.41) is 2.54. The first kappa shape index (κ1) is 11.4. The molecule has 8 heteroatoms. The highest BCUT2D eigenvalue weighted by Gasteiger charge is 2.23. The quantitative estimate of drug-likeness (QED) is 0.781. The third kappa shape index (κ3) is 2.96. The maximum absolute atomic E-state index is 11.4. The predicted molar refractivity (Wildman–Crippen MR) is 56.4 cm³/mol. The van der Waals surface area contributed by atoms with Crippen LogP contribution in [0.5, 0.6) is 0 Å². The minimum absolute atomic E-state index is 0.0515. The molecule has 6 nitrogen and oxygen atoms in total. The molecular formula is C8H10ClN3O3S. The van der Waals surface area contributed by atoms with Gasteiger partial charge in [0.1, 0.15) is 6.54 Å². The standard InChI is InChI=1S/C8H10ClN3O3S/c9-16(14,15)8-4-12(5-10-8)3-7(13)11-6-1-2-6/h4-6H,1-3H2,(H,11,13). The number of nitrogens with one attached hydrogen (secondary N) is 1. The van der Waals surface area contributed by atoms with E-state index in [2.05, 4.69) is 10.3 Å². The van der Waals surface area contributed by atoms with E-state index in [4.69, 9.17) is 10.7 Å². The molecule has 0 saturated heterocycles. The second kappa shape index (κ2) is 4.06. The van der Waals surface area contributed by atoms with Gasteiger partial charge in [-0.1, -0.05) is 0 Å². The molecule has 1 aliphatic rings. The number of hydrogen-bond acceptors (Lipinski definition) is 4. The molecule has 1 fully saturated rings. The van der Waals surface area contributed by atoms with E-state index in [-0.39, 0.29) is 23.5 Å². The monoisotopic (exact) mass is 263 g/mol. The molecule has 1 N–H and O–H groups in total. The summed E-state index contributed by atoms with van der Waals surface area (Å²) in [5.74, 6) is -0.154. The Morgan fingerprint density at radius 2 is 2.31 bits per heavy atom. The second-order valence-electron chi connectivity index (χ2n) is 3.66. The number of nitrogens with zero attached hydrogens (tertiary/aromatic N) is 2. The summed E-state index contributed by atoms with van der Waals surface area (Å²) in [5.41, 5.74) is 0. The van der Waals surface area contributed by atoms with Gasteiger partial charge in [0.15, 0.2) is 5.03 Å². The van der Waals surface area contributed by atoms with Crippen LogP contribution in [0.1, 0.15) is 12.8 Å². The summed E-state index contributed by atoms with van der Waals surface area (Å²) in [7, 11) is 1.28. The van der Waals surface area contributed by atoms with E-state index in [0.29, 0.717) is 0 Å². The van der Waals surface area contributed by atoms with E-state index in [0.717, 1.165) is 12.8 Å². The van der Waals surface area contributed by atoms with Crippen LogP contribution in [-0.4, -0.2) is 29.9 Å². The first-order chi connectivity index (χ1) is 7.45. The summed E-state index contributed by atoms with van der Waals surface area (Å²) in [6.07, 6.45) is 4.52. The van der Waals surface area contributed by atoms with Gasteiger partial charge in [0.2, 0.25) is 5.91 Å². The summed E-state index contributed by atoms with van der Waals surface area (Å²) in [4.78, 5) is 15.0. The van der Waals surface area contributed by atoms with E-state index in [9.17, 15) is 13.2 Å². The normalized spacial score (nSPS) is 16.1. The molecule has 1 aromatic heterocycles. The minimum Gasteiger partial charge on any atom is -0.352 e. The van der Waals surface area contributed by atoms with Crippen molar-refractivity contribution in [3.8, 4) is 0 Å². The molecule has 16 heavy (non-hydrogen) atoms. The summed E-state index contributed by atoms with van der Waals surface area (Å²) < 4.78 is 23.2. The van der Waals surface area contributed by atoms with Crippen LogP contribution in [0.2, 0.25) is 0 Å². The molecule has 1 aromatic rings. The van der Waals surface area contributed by atoms with E-state index in [1.807, 2.05) is 0 Å². The maximum atomic E-state index is 11.4. The van der Waals surface area contributed by atoms with Crippen LogP contribution in [0.4, 0.5) is 0 Å². The molecular weight excluding hydrogens is 254 g/mol. The zero-order valence-corrected chi connectivity index (χ0v) is 9.83. The Labute approximate surface area is 97.0 Å². The number of carbonyl (C=O) groups is 1. The lowest BCUT2D eigenvalue weighted by molar-refractivity contribution is -0.121. The topological polar surface area (TPSA) is 81.1 Å². The summed E-state index contributed by atoms with van der Waals surface area (Å²) >= 11 is 0. The van der Waals surface area contributed by atoms with Crippen LogP contribution in [0.15, 0.2) is 17.6 Å². The van der Waals surface area contributed by atoms with Gasteiger partial charge in [-0.15, -0.1) is 0 Å². The van der Waals surface area contributed by atoms with Crippen molar-refractivity contribution in [3.05, 3.63) is 12.5 Å². The minimum atomic E-state index is -3.82. The predicted octanol–water partition coefficient (Wildman–Crippen LogP) is 0.0892. The first-order valence-electron chi connectivity index (χ1n) is 4.71. The number of amides is 1. The van der Waals surface area contributed by atoms with Crippen molar-refractivity contribution in [2.75, 3.05) is 0 Å². The number of aromatic nitrogens is 2. The van der Waals surface area contributed by atoms with Gasteiger partial charge in [-0.2, -0.15) is 0 Å². The molecule has 0 bridgehead atoms. The van der Waals surface area contributed by atoms with Gasteiger partial charge in [-0.25, -0.2) is 13.4 Å². The second-order valence-corrected chi connectivity index (χ2v) is 6.18. The highest BCUT2D eigenvalue weighted by molar-refractivity contribution is 8.13. The molecule has 0 radical (unpaired) electrons. The highest BCUT2D eigenvalue weighted by Crippen LogP contribution is 2.18. The maximum Gasteiger partial charge on any atom is 0.280 e. The van der Waals surface area contributed by atoms with E-state index in [1.54, 1.807) is 0 Å². The van der Waals surface area contributed by atoms with E-state index >= 15 is 0 Å². The Balaban J connectivity index is 1.99. The largest absolute Gasteiger partial charge is 0.352 e. The Kier molecular flexibility index (Phi) is 2.90. The van der Waals surface area contributed by atoms with Crippen LogP contribution < -0.4 is 5.32 Å². The van der Waals surface area contributed by atoms with Crippen LogP contribution in [-0.2, 0) is 20.4 Å². The van der Waals surface area contributed by atoms with Gasteiger partial charge in [-0.3, -0.25) is 4.79 Å². The Bertz CT molecular complexity index is 506. The molecule has 0 aliphatic heterocycles. The zero-order chi connectivity index (χ0) is 11.8. The SMILES string of the molecule is O=C(Cn1cnc(S(=O)(=O)Cl)c1)NC1CC1. The molecule has 0 unspecified atom stereocenters. The molecule has 1 saturated carbocycles. The van der Waals surface area contributed by atoms with Crippen LogP contribution in [0.3, 0.4) is 0 Å². The molecule has 1 aliphatic carbocycles. The van der Waals surface area contributed by atoms with Gasteiger partial charge in [0.25, 0.3) is 9.05 Å². The molecule has 1 amide bonds. The zero-order valence-electron chi connectivity index (χ0n) is 8.26. The number of imidazole rings is 1. The van der Waals surface area contributed by atoms with E-state index < -0.39 is 9.05 Å². The molecule has 1 heterocycles. The first-order valence-corrected chi connectivity index (χ1v) is 7.02. The summed E-state index contributed by atoms with van der Waals surface area (Å²) in [6, 6.07) is 0.284. The van der Waals surface area contributed by atoms with Crippen molar-refractivity contribution in [1.82, 2.24) is 14.9 Å². The number of rotatable bonds is 4. The lowest BCUT2D eigenvalue weighted by Gasteiger charge is -2.02. The number of hydrogen-bond donors (Lipinski definition) is 1. The highest BCUT2D eigenvalue weighted by atomic mass is 35.7. The molecule has 88 valence electrons. The lowest BCUT2D eigenvalue weighted by atomic mass is 10.5. The average Bonchev–Trinajstić information content (AvgIpc) is 2.80. The van der Waals surface area contributed by atoms with Crippen LogP contribution in [0.25, 0.3) is 0 Å².